The van der Waals surface area contributed by atoms with E-state index in [0.717, 1.165) is 6.54 Å². The molecule has 0 saturated heterocycles. The molecule has 1 aliphatic rings. The average molecular weight is 126 g/mol. The third-order valence-corrected chi connectivity index (χ3v) is 1.75. The van der Waals surface area contributed by atoms with Crippen LogP contribution in [-0.4, -0.2) is 17.4 Å². The summed E-state index contributed by atoms with van der Waals surface area (Å²) in [5.74, 6) is 0. The Labute approximate surface area is 52.9 Å². The maximum Gasteiger partial charge on any atom is 0.0968 e. The SMILES string of the molecule is N#CCN1CC=CS1. The Kier molecular flexibility index (Phi) is 1.95. The molecule has 2 nitrogen and oxygen atoms in total. The molecule has 0 aromatic heterocycles. The van der Waals surface area contributed by atoms with Gasteiger partial charge in [0.15, 0.2) is 0 Å². The van der Waals surface area contributed by atoms with E-state index in [1.165, 1.54) is 0 Å². The zero-order chi connectivity index (χ0) is 5.82. The fraction of sp³-hybridized carbons (Fsp3) is 0.400. The van der Waals surface area contributed by atoms with Crippen LogP contribution < -0.4 is 0 Å². The van der Waals surface area contributed by atoms with E-state index in [1.807, 2.05) is 15.8 Å². The predicted octanol–water partition coefficient (Wildman–Crippen LogP) is 0.987. The van der Waals surface area contributed by atoms with Crippen LogP contribution >= 0.6 is 11.9 Å². The van der Waals surface area contributed by atoms with Crippen LogP contribution in [0.1, 0.15) is 0 Å². The van der Waals surface area contributed by atoms with Gasteiger partial charge in [0.2, 0.25) is 0 Å². The van der Waals surface area contributed by atoms with E-state index < -0.39 is 0 Å². The number of nitrogens with zero attached hydrogens (tertiary/aromatic N) is 2. The first-order valence-corrected chi connectivity index (χ1v) is 3.21. The van der Waals surface area contributed by atoms with Gasteiger partial charge in [0, 0.05) is 6.54 Å². The molecule has 0 aromatic rings. The number of hydrogen-bond acceptors (Lipinski definition) is 3. The van der Waals surface area contributed by atoms with Crippen molar-refractivity contribution in [3.63, 3.8) is 0 Å². The van der Waals surface area contributed by atoms with E-state index in [1.54, 1.807) is 11.9 Å². The minimum absolute atomic E-state index is 0.525. The smallest absolute Gasteiger partial charge is 0.0968 e. The lowest BCUT2D eigenvalue weighted by Gasteiger charge is -2.04. The second-order valence-corrected chi connectivity index (χ2v) is 2.46. The average Bonchev–Trinajstić information content (AvgIpc) is 2.19. The van der Waals surface area contributed by atoms with Crippen molar-refractivity contribution in [3.8, 4) is 6.07 Å². The molecule has 0 atom stereocenters. The molecule has 0 spiro atoms. The van der Waals surface area contributed by atoms with Crippen LogP contribution in [0.25, 0.3) is 0 Å². The zero-order valence-corrected chi connectivity index (χ0v) is 5.19. The van der Waals surface area contributed by atoms with Gasteiger partial charge >= 0.3 is 0 Å². The summed E-state index contributed by atoms with van der Waals surface area (Å²) in [5.41, 5.74) is 0. The minimum Gasteiger partial charge on any atom is -0.229 e. The Morgan fingerprint density at radius 2 is 2.75 bits per heavy atom. The Morgan fingerprint density at radius 1 is 1.88 bits per heavy atom. The molecule has 8 heavy (non-hydrogen) atoms. The maximum absolute atomic E-state index is 8.19. The van der Waals surface area contributed by atoms with Gasteiger partial charge in [0.05, 0.1) is 12.6 Å². The monoisotopic (exact) mass is 126 g/mol. The van der Waals surface area contributed by atoms with Crippen molar-refractivity contribution < 1.29 is 0 Å². The van der Waals surface area contributed by atoms with Gasteiger partial charge in [-0.05, 0) is 17.4 Å². The molecule has 1 heterocycles. The first kappa shape index (κ1) is 5.67. The molecule has 0 aromatic carbocycles. The molecule has 0 unspecified atom stereocenters. The molecular formula is C5H6N2S. The first-order valence-electron chi connectivity index (χ1n) is 2.37. The van der Waals surface area contributed by atoms with Crippen LogP contribution in [0.4, 0.5) is 0 Å². The summed E-state index contributed by atoms with van der Waals surface area (Å²) < 4.78 is 1.99. The molecular weight excluding hydrogens is 120 g/mol. The number of hydrogen-bond donors (Lipinski definition) is 0. The highest BCUT2D eigenvalue weighted by Gasteiger charge is 2.03. The van der Waals surface area contributed by atoms with Crippen LogP contribution in [-0.2, 0) is 0 Å². The van der Waals surface area contributed by atoms with Gasteiger partial charge in [-0.25, -0.2) is 4.31 Å². The summed E-state index contributed by atoms with van der Waals surface area (Å²) in [6.45, 7) is 1.44. The summed E-state index contributed by atoms with van der Waals surface area (Å²) in [6.07, 6.45) is 2.04. The Bertz CT molecular complexity index is 128. The molecule has 0 bridgehead atoms. The third-order valence-electron chi connectivity index (χ3n) is 0.862. The molecule has 42 valence electrons. The molecule has 0 radical (unpaired) electrons. The van der Waals surface area contributed by atoms with E-state index in [4.69, 9.17) is 5.26 Å². The molecule has 1 aliphatic heterocycles. The molecule has 0 fully saturated rings. The van der Waals surface area contributed by atoms with Crippen molar-refractivity contribution in [1.29, 1.82) is 5.26 Å². The van der Waals surface area contributed by atoms with Crippen LogP contribution in [0.2, 0.25) is 0 Å². The second kappa shape index (κ2) is 2.75. The Morgan fingerprint density at radius 3 is 3.25 bits per heavy atom. The maximum atomic E-state index is 8.19. The highest BCUT2D eigenvalue weighted by atomic mass is 32.2. The van der Waals surface area contributed by atoms with E-state index in [-0.39, 0.29) is 0 Å². The molecule has 0 amide bonds. The predicted molar refractivity (Wildman–Crippen MR) is 33.9 cm³/mol. The van der Waals surface area contributed by atoms with E-state index in [9.17, 15) is 0 Å². The molecule has 0 N–H and O–H groups in total. The van der Waals surface area contributed by atoms with Crippen LogP contribution in [0, 0.1) is 11.3 Å². The van der Waals surface area contributed by atoms with Gasteiger partial charge in [-0.3, -0.25) is 0 Å². The van der Waals surface area contributed by atoms with Crippen molar-refractivity contribution in [2.75, 3.05) is 13.1 Å². The number of rotatable bonds is 1. The van der Waals surface area contributed by atoms with Crippen LogP contribution in [0.3, 0.4) is 0 Å². The van der Waals surface area contributed by atoms with Crippen LogP contribution in [0.5, 0.6) is 0 Å². The van der Waals surface area contributed by atoms with Gasteiger partial charge < -0.3 is 0 Å². The molecule has 1 rings (SSSR count). The summed E-state index contributed by atoms with van der Waals surface area (Å²) >= 11 is 1.60. The lowest BCUT2D eigenvalue weighted by Crippen LogP contribution is -2.10. The highest BCUT2D eigenvalue weighted by molar-refractivity contribution is 8.00. The topological polar surface area (TPSA) is 27.0 Å². The van der Waals surface area contributed by atoms with Crippen molar-refractivity contribution in [2.24, 2.45) is 0 Å². The Hall–Kier alpha value is -0.460. The normalized spacial score (nSPS) is 18.9. The third kappa shape index (κ3) is 1.25. The van der Waals surface area contributed by atoms with Crippen molar-refractivity contribution >= 4 is 11.9 Å². The van der Waals surface area contributed by atoms with E-state index >= 15 is 0 Å². The fourth-order valence-corrected chi connectivity index (χ4v) is 1.16. The van der Waals surface area contributed by atoms with Gasteiger partial charge in [-0.15, -0.1) is 0 Å². The largest absolute Gasteiger partial charge is 0.229 e. The van der Waals surface area contributed by atoms with E-state index in [2.05, 4.69) is 6.07 Å². The van der Waals surface area contributed by atoms with Gasteiger partial charge in [-0.2, -0.15) is 5.26 Å². The van der Waals surface area contributed by atoms with Gasteiger partial charge in [0.1, 0.15) is 0 Å². The van der Waals surface area contributed by atoms with Crippen LogP contribution in [0.15, 0.2) is 11.5 Å². The van der Waals surface area contributed by atoms with Gasteiger partial charge in [0.25, 0.3) is 0 Å². The highest BCUT2D eigenvalue weighted by Crippen LogP contribution is 2.15. The lowest BCUT2D eigenvalue weighted by atomic mass is 10.6. The Balaban J connectivity index is 2.22. The summed E-state index contributed by atoms with van der Waals surface area (Å²) in [4.78, 5) is 0. The quantitative estimate of drug-likeness (QED) is 0.387. The summed E-state index contributed by atoms with van der Waals surface area (Å²) in [5, 5.41) is 10.2. The summed E-state index contributed by atoms with van der Waals surface area (Å²) in [7, 11) is 0. The summed E-state index contributed by atoms with van der Waals surface area (Å²) in [6, 6.07) is 2.07. The number of nitriles is 1. The first-order chi connectivity index (χ1) is 3.93. The zero-order valence-electron chi connectivity index (χ0n) is 4.37. The van der Waals surface area contributed by atoms with Crippen molar-refractivity contribution in [3.05, 3.63) is 11.5 Å². The molecule has 0 aliphatic carbocycles. The second-order valence-electron chi connectivity index (χ2n) is 1.46. The van der Waals surface area contributed by atoms with E-state index in [0.29, 0.717) is 6.54 Å². The minimum atomic E-state index is 0.525. The lowest BCUT2D eigenvalue weighted by molar-refractivity contribution is 0.597. The molecule has 0 saturated carbocycles. The molecule has 3 heteroatoms. The van der Waals surface area contributed by atoms with Crippen molar-refractivity contribution in [2.45, 2.75) is 0 Å². The standard InChI is InChI=1S/C5H6N2S/c6-2-4-7-3-1-5-8-7/h1,5H,3-4H2. The van der Waals surface area contributed by atoms with Gasteiger partial charge in [-0.1, -0.05) is 6.08 Å². The fourth-order valence-electron chi connectivity index (χ4n) is 0.513. The van der Waals surface area contributed by atoms with Crippen molar-refractivity contribution in [1.82, 2.24) is 4.31 Å².